The average molecular weight is 1910 g/mol. The molecule has 20 rings (SSSR count). The SMILES string of the molecule is Cc1ccc(NC(=O)N2CCCCN3[C@H](CO)[C@H](c4ccc(C#Cc5ccccn5)cc4)[C@@H]3C2)cc1.O=C(Nc1ccccc1)N1CCCCN2[C@@H](CO)[C@H](c3ccc(C#Cc4cccnc4)cc3)[C@@H]2C1.O=C(Nc1ccccc1)N1CCCCN2[C@H](CO)[C@H](c3ccc(C#Cc4cccnc4)cc3)[C@@H]2C1.O=C(Nc1ccccc1CO)N1CCCCN2[C@H](CO)[C@H](c3ccc(C#Cc4ccccc4)cc3)[C@@H]2C1. The van der Waals surface area contributed by atoms with Crippen molar-refractivity contribution in [2.75, 3.05) is 126 Å². The van der Waals surface area contributed by atoms with Crippen LogP contribution in [0.5, 0.6) is 0 Å². The van der Waals surface area contributed by atoms with Crippen LogP contribution >= 0.6 is 0 Å². The summed E-state index contributed by atoms with van der Waals surface area (Å²) in [6, 6.07) is 91.5. The number of nitrogens with one attached hydrogen (secondary N) is 4. The maximum atomic E-state index is 13.3. The molecule has 8 fully saturated rings. The summed E-state index contributed by atoms with van der Waals surface area (Å²) in [7, 11) is 0. The second kappa shape index (κ2) is 49.7. The molecule has 0 unspecified atom stereocenters. The molecule has 11 heterocycles. The number of aromatic nitrogens is 3. The highest BCUT2D eigenvalue weighted by Crippen LogP contribution is 2.47. The Balaban J connectivity index is 0.000000131. The van der Waals surface area contributed by atoms with E-state index < -0.39 is 0 Å². The van der Waals surface area contributed by atoms with Gasteiger partial charge in [-0.3, -0.25) is 29.6 Å². The highest BCUT2D eigenvalue weighted by atomic mass is 16.3. The van der Waals surface area contributed by atoms with E-state index in [-0.39, 0.29) is 129 Å². The minimum Gasteiger partial charge on any atom is -0.395 e. The van der Waals surface area contributed by atoms with Crippen molar-refractivity contribution in [3.05, 3.63) is 388 Å². The van der Waals surface area contributed by atoms with Crippen molar-refractivity contribution in [1.82, 2.24) is 54.2 Å². The topological polar surface area (TPSA) is 282 Å². The standard InChI is InChI=1S/C31H33N3O3.C30H32N4O2.2C29H30N4O2/c35-21-26-10-4-5-11-27(26)32-31(37)33-18-6-7-19-34-28(20-33)30(29(34)22-36)25-16-14-24(15-17-25)13-12-23-8-2-1-3-9-23;1-22-7-14-26(15-8-22)32-30(36)33-18-4-5-19-34-27(20-33)29(28(34)21-35)24-12-9-23(10-13-24)11-16-25-6-2-3-17-31-25;2*34-21-27-28(24-14-12-22(13-15-24)10-11-23-7-6-16-30-19-23)26-20-32(17-4-5-18-33(26)27)29(35)31-25-8-2-1-3-9-25/h1-5,8-11,14-17,28-30,35-36H,6-7,18-22H2,(H,32,37);2-3,6-10,12-15,17,27-29,35H,4-5,18-21H2,1H3,(H,32,36);2*1-3,6-9,12-16,19,26-28,34H,4-5,17-18,20-21H2,(H,31,35)/t28-,29+,30+;27-,28+,29+;26-,27+,28+;26-,27-,28+/m0000/s1. The minimum absolute atomic E-state index is 0.0457. The van der Waals surface area contributed by atoms with E-state index in [1.807, 2.05) is 257 Å². The first-order chi connectivity index (χ1) is 70.2. The Morgan fingerprint density at radius 3 is 0.916 bits per heavy atom. The van der Waals surface area contributed by atoms with E-state index in [0.29, 0.717) is 44.0 Å². The first kappa shape index (κ1) is 99.9. The van der Waals surface area contributed by atoms with Crippen molar-refractivity contribution in [3.63, 3.8) is 0 Å². The Morgan fingerprint density at radius 1 is 0.294 bits per heavy atom. The van der Waals surface area contributed by atoms with Crippen LogP contribution in [0.15, 0.2) is 310 Å². The number of nitrogens with zero attached hydrogens (tertiary/aromatic N) is 11. The molecule has 8 amide bonds. The number of pyridine rings is 3. The van der Waals surface area contributed by atoms with Crippen LogP contribution in [-0.4, -0.2) is 257 Å². The van der Waals surface area contributed by atoms with Crippen LogP contribution in [0, 0.1) is 54.3 Å². The van der Waals surface area contributed by atoms with Crippen molar-refractivity contribution < 1.29 is 44.7 Å². The molecule has 24 nitrogen and oxygen atoms in total. The summed E-state index contributed by atoms with van der Waals surface area (Å²) in [6.07, 6.45) is 16.5. The van der Waals surface area contributed by atoms with E-state index in [2.05, 4.69) is 152 Å². The normalized spacial score (nSPS) is 21.8. The number of hydrogen-bond acceptors (Lipinski definition) is 16. The molecule has 0 radical (unpaired) electrons. The van der Waals surface area contributed by atoms with E-state index in [9.17, 15) is 44.7 Å². The third-order valence-corrected chi connectivity index (χ3v) is 28.7. The molecule has 8 aliphatic heterocycles. The molecule has 9 N–H and O–H groups in total. The second-order valence-corrected chi connectivity index (χ2v) is 37.6. The van der Waals surface area contributed by atoms with Crippen molar-refractivity contribution in [2.24, 2.45) is 0 Å². The van der Waals surface area contributed by atoms with Gasteiger partial charge in [-0.1, -0.05) is 187 Å². The number of aliphatic hydroxyl groups excluding tert-OH is 5. The molecule has 3 aromatic heterocycles. The highest BCUT2D eigenvalue weighted by Gasteiger charge is 2.54. The van der Waals surface area contributed by atoms with E-state index >= 15 is 0 Å². The number of benzene rings is 9. The Labute approximate surface area is 839 Å². The summed E-state index contributed by atoms with van der Waals surface area (Å²) in [4.78, 5) is 82.1. The number of carbonyl (C=O) groups excluding carboxylic acids is 4. The number of hydrogen-bond donors (Lipinski definition) is 9. The zero-order valence-corrected chi connectivity index (χ0v) is 80.8. The molecule has 8 saturated heterocycles. The molecule has 0 saturated carbocycles. The van der Waals surface area contributed by atoms with Gasteiger partial charge in [-0.05, 0) is 252 Å². The van der Waals surface area contributed by atoms with Crippen LogP contribution in [0.3, 0.4) is 0 Å². The van der Waals surface area contributed by atoms with Crippen LogP contribution in [0.2, 0.25) is 0 Å². The summed E-state index contributed by atoms with van der Waals surface area (Å²) in [5.74, 6) is 26.0. The van der Waals surface area contributed by atoms with Gasteiger partial charge in [0.25, 0.3) is 0 Å². The monoisotopic (exact) mass is 1910 g/mol. The lowest BCUT2D eigenvalue weighted by Gasteiger charge is -2.57. The van der Waals surface area contributed by atoms with Gasteiger partial charge in [0.1, 0.15) is 5.69 Å². The van der Waals surface area contributed by atoms with E-state index in [0.717, 1.165) is 170 Å². The van der Waals surface area contributed by atoms with Gasteiger partial charge in [0, 0.05) is 223 Å². The molecule has 0 spiro atoms. The number of carbonyl (C=O) groups is 4. The molecule has 143 heavy (non-hydrogen) atoms. The highest BCUT2D eigenvalue weighted by molar-refractivity contribution is 5.92. The van der Waals surface area contributed by atoms with Crippen LogP contribution in [-0.2, 0) is 6.61 Å². The van der Waals surface area contributed by atoms with Gasteiger partial charge in [0.15, 0.2) is 0 Å². The molecule has 12 aromatic rings. The van der Waals surface area contributed by atoms with Crippen LogP contribution < -0.4 is 21.3 Å². The Hall–Kier alpha value is -14.6. The summed E-state index contributed by atoms with van der Waals surface area (Å²) in [5, 5.41) is 62.6. The summed E-state index contributed by atoms with van der Waals surface area (Å²) in [5.41, 5.74) is 16.9. The summed E-state index contributed by atoms with van der Waals surface area (Å²) >= 11 is 0. The number of urea groups is 4. The molecule has 9 aromatic carbocycles. The Bertz CT molecular complexity index is 6250. The molecule has 0 aliphatic carbocycles. The molecule has 12 atom stereocenters. The minimum atomic E-state index is -0.152. The van der Waals surface area contributed by atoms with Gasteiger partial charge >= 0.3 is 24.1 Å². The molecular formula is C119H125N15O9. The molecule has 24 heteroatoms. The number of para-hydroxylation sites is 3. The fraction of sp³-hybridized carbons (Fsp3) is 0.319. The second-order valence-electron chi connectivity index (χ2n) is 37.6. The predicted molar refractivity (Wildman–Crippen MR) is 561 cm³/mol. The number of aryl methyl sites for hydroxylation is 1. The number of fused-ring (bicyclic) bond motifs is 4. The van der Waals surface area contributed by atoms with Crippen molar-refractivity contribution >= 4 is 46.9 Å². The van der Waals surface area contributed by atoms with E-state index in [4.69, 9.17) is 0 Å². The molecular weight excluding hydrogens is 1780 g/mol. The van der Waals surface area contributed by atoms with Gasteiger partial charge in [-0.15, -0.1) is 0 Å². The van der Waals surface area contributed by atoms with E-state index in [1.165, 1.54) is 16.7 Å². The molecule has 730 valence electrons. The average Bonchev–Trinajstić information content (AvgIpc) is 0.754. The largest absolute Gasteiger partial charge is 0.395 e. The van der Waals surface area contributed by atoms with Gasteiger partial charge in [0.2, 0.25) is 0 Å². The zero-order valence-electron chi connectivity index (χ0n) is 80.8. The number of rotatable bonds is 13. The maximum Gasteiger partial charge on any atom is 0.321 e. The number of anilines is 4. The van der Waals surface area contributed by atoms with Crippen molar-refractivity contribution in [3.8, 4) is 47.4 Å². The predicted octanol–water partition coefficient (Wildman–Crippen LogP) is 16.2. The van der Waals surface area contributed by atoms with Crippen molar-refractivity contribution in [1.29, 1.82) is 0 Å². The van der Waals surface area contributed by atoms with Crippen LogP contribution in [0.4, 0.5) is 41.9 Å². The van der Waals surface area contributed by atoms with E-state index in [1.54, 1.807) is 31.0 Å². The zero-order chi connectivity index (χ0) is 98.6. The lowest BCUT2D eigenvalue weighted by Crippen LogP contribution is -2.68. The van der Waals surface area contributed by atoms with Gasteiger partial charge < -0.3 is 66.4 Å². The van der Waals surface area contributed by atoms with Crippen molar-refractivity contribution in [2.45, 2.75) is 137 Å². The van der Waals surface area contributed by atoms with Gasteiger partial charge in [-0.2, -0.15) is 0 Å². The third kappa shape index (κ3) is 25.5. The molecule has 8 aliphatic rings. The first-order valence-corrected chi connectivity index (χ1v) is 50.1. The summed E-state index contributed by atoms with van der Waals surface area (Å²) < 4.78 is 0. The Kier molecular flexibility index (Phi) is 34.7. The van der Waals surface area contributed by atoms with Crippen LogP contribution in [0.25, 0.3) is 0 Å². The Morgan fingerprint density at radius 2 is 0.587 bits per heavy atom. The quantitative estimate of drug-likeness (QED) is 0.0485. The smallest absolute Gasteiger partial charge is 0.321 e. The molecule has 0 bridgehead atoms. The first-order valence-electron chi connectivity index (χ1n) is 50.1. The van der Waals surface area contributed by atoms with Crippen LogP contribution in [0.1, 0.15) is 153 Å². The number of aliphatic hydroxyl groups is 5. The number of amides is 8. The van der Waals surface area contributed by atoms with Gasteiger partial charge in [-0.25, -0.2) is 24.2 Å². The summed E-state index contributed by atoms with van der Waals surface area (Å²) in [6.45, 7) is 11.5. The fourth-order valence-corrected chi connectivity index (χ4v) is 21.3. The fourth-order valence-electron chi connectivity index (χ4n) is 21.3. The maximum absolute atomic E-state index is 13.3. The third-order valence-electron chi connectivity index (χ3n) is 28.7. The van der Waals surface area contributed by atoms with Gasteiger partial charge in [0.05, 0.1) is 33.0 Å². The lowest BCUT2D eigenvalue weighted by molar-refractivity contribution is -0.0585. The lowest BCUT2D eigenvalue weighted by atomic mass is 9.74.